The van der Waals surface area contributed by atoms with Crippen LogP contribution >= 0.6 is 0 Å². The summed E-state index contributed by atoms with van der Waals surface area (Å²) in [6.07, 6.45) is 7.54. The molecule has 0 saturated heterocycles. The molecular formula is C12H26O. The van der Waals surface area contributed by atoms with Crippen molar-refractivity contribution < 1.29 is 5.11 Å². The fourth-order valence-corrected chi connectivity index (χ4v) is 1.63. The van der Waals surface area contributed by atoms with Crippen molar-refractivity contribution in [1.82, 2.24) is 0 Å². The van der Waals surface area contributed by atoms with Crippen LogP contribution in [0.5, 0.6) is 0 Å². The predicted octanol–water partition coefficient (Wildman–Crippen LogP) is 3.61. The smallest absolute Gasteiger partial charge is 0.0459 e. The Kier molecular flexibility index (Phi) is 8.53. The van der Waals surface area contributed by atoms with E-state index < -0.39 is 0 Å². The average Bonchev–Trinajstić information content (AvgIpc) is 2.10. The quantitative estimate of drug-likeness (QED) is 0.614. The zero-order valence-electron chi connectivity index (χ0n) is 9.55. The first-order valence-electron chi connectivity index (χ1n) is 5.81. The SMILES string of the molecule is CCCCC(CO)CCCC(C)C. The van der Waals surface area contributed by atoms with Gasteiger partial charge in [-0.15, -0.1) is 0 Å². The van der Waals surface area contributed by atoms with Crippen LogP contribution in [-0.4, -0.2) is 11.7 Å². The van der Waals surface area contributed by atoms with Gasteiger partial charge in [-0.2, -0.15) is 0 Å². The Morgan fingerprint density at radius 3 is 2.08 bits per heavy atom. The lowest BCUT2D eigenvalue weighted by Gasteiger charge is -2.13. The van der Waals surface area contributed by atoms with Crippen LogP contribution < -0.4 is 0 Å². The van der Waals surface area contributed by atoms with E-state index in [0.29, 0.717) is 12.5 Å². The van der Waals surface area contributed by atoms with Crippen molar-refractivity contribution in [1.29, 1.82) is 0 Å². The van der Waals surface area contributed by atoms with E-state index in [1.807, 2.05) is 0 Å². The first kappa shape index (κ1) is 13.0. The van der Waals surface area contributed by atoms with Gasteiger partial charge in [0.05, 0.1) is 0 Å². The van der Waals surface area contributed by atoms with Crippen LogP contribution in [0.1, 0.15) is 59.3 Å². The number of aliphatic hydroxyl groups is 1. The van der Waals surface area contributed by atoms with Gasteiger partial charge in [0.1, 0.15) is 0 Å². The molecule has 0 heterocycles. The van der Waals surface area contributed by atoms with Gasteiger partial charge in [-0.05, 0) is 24.7 Å². The highest BCUT2D eigenvalue weighted by Crippen LogP contribution is 2.17. The number of aliphatic hydroxyl groups excluding tert-OH is 1. The summed E-state index contributed by atoms with van der Waals surface area (Å²) in [6, 6.07) is 0. The largest absolute Gasteiger partial charge is 0.396 e. The maximum atomic E-state index is 9.12. The minimum absolute atomic E-state index is 0.387. The van der Waals surface area contributed by atoms with Crippen molar-refractivity contribution in [3.63, 3.8) is 0 Å². The van der Waals surface area contributed by atoms with Gasteiger partial charge in [-0.25, -0.2) is 0 Å². The molecule has 1 heteroatoms. The number of hydrogen-bond acceptors (Lipinski definition) is 1. The molecule has 0 radical (unpaired) electrons. The monoisotopic (exact) mass is 186 g/mol. The summed E-state index contributed by atoms with van der Waals surface area (Å²) in [6.45, 7) is 7.13. The van der Waals surface area contributed by atoms with Crippen molar-refractivity contribution in [2.45, 2.75) is 59.3 Å². The highest BCUT2D eigenvalue weighted by molar-refractivity contribution is 4.58. The molecule has 0 fully saturated rings. The van der Waals surface area contributed by atoms with E-state index >= 15 is 0 Å². The molecule has 0 aromatic rings. The van der Waals surface area contributed by atoms with Crippen LogP contribution in [-0.2, 0) is 0 Å². The maximum Gasteiger partial charge on any atom is 0.0459 e. The minimum atomic E-state index is 0.387. The molecule has 13 heavy (non-hydrogen) atoms. The van der Waals surface area contributed by atoms with Gasteiger partial charge in [0.2, 0.25) is 0 Å². The standard InChI is InChI=1S/C12H26O/c1-4-5-8-12(10-13)9-6-7-11(2)3/h11-13H,4-10H2,1-3H3. The van der Waals surface area contributed by atoms with Crippen molar-refractivity contribution in [2.24, 2.45) is 11.8 Å². The van der Waals surface area contributed by atoms with E-state index in [1.165, 1.54) is 38.5 Å². The van der Waals surface area contributed by atoms with Gasteiger partial charge >= 0.3 is 0 Å². The molecule has 1 N–H and O–H groups in total. The van der Waals surface area contributed by atoms with E-state index in [9.17, 15) is 0 Å². The average molecular weight is 186 g/mol. The summed E-state index contributed by atoms with van der Waals surface area (Å²) in [4.78, 5) is 0. The highest BCUT2D eigenvalue weighted by atomic mass is 16.3. The molecule has 0 spiro atoms. The normalized spacial score (nSPS) is 13.6. The number of unbranched alkanes of at least 4 members (excludes halogenated alkanes) is 1. The molecule has 1 unspecified atom stereocenters. The molecule has 0 aromatic carbocycles. The molecule has 1 atom stereocenters. The van der Waals surface area contributed by atoms with Gasteiger partial charge in [0, 0.05) is 6.61 Å². The Morgan fingerprint density at radius 1 is 1.00 bits per heavy atom. The van der Waals surface area contributed by atoms with Crippen LogP contribution in [0.15, 0.2) is 0 Å². The Morgan fingerprint density at radius 2 is 1.62 bits per heavy atom. The predicted molar refractivity (Wildman–Crippen MR) is 58.8 cm³/mol. The number of hydrogen-bond donors (Lipinski definition) is 1. The van der Waals surface area contributed by atoms with Gasteiger partial charge in [0.25, 0.3) is 0 Å². The summed E-state index contributed by atoms with van der Waals surface area (Å²) in [5.41, 5.74) is 0. The summed E-state index contributed by atoms with van der Waals surface area (Å²) < 4.78 is 0. The summed E-state index contributed by atoms with van der Waals surface area (Å²) in [5, 5.41) is 9.12. The van der Waals surface area contributed by atoms with Crippen LogP contribution in [0.4, 0.5) is 0 Å². The van der Waals surface area contributed by atoms with Gasteiger partial charge in [0.15, 0.2) is 0 Å². The van der Waals surface area contributed by atoms with Gasteiger partial charge in [-0.3, -0.25) is 0 Å². The highest BCUT2D eigenvalue weighted by Gasteiger charge is 2.06. The maximum absolute atomic E-state index is 9.12. The third-order valence-electron chi connectivity index (χ3n) is 2.62. The minimum Gasteiger partial charge on any atom is -0.396 e. The zero-order chi connectivity index (χ0) is 10.1. The molecule has 0 saturated carbocycles. The van der Waals surface area contributed by atoms with Crippen molar-refractivity contribution >= 4 is 0 Å². The molecule has 1 nitrogen and oxygen atoms in total. The van der Waals surface area contributed by atoms with E-state index in [0.717, 1.165) is 5.92 Å². The lowest BCUT2D eigenvalue weighted by Crippen LogP contribution is -2.06. The van der Waals surface area contributed by atoms with Gasteiger partial charge < -0.3 is 5.11 Å². The van der Waals surface area contributed by atoms with Crippen molar-refractivity contribution in [3.8, 4) is 0 Å². The van der Waals surface area contributed by atoms with Crippen molar-refractivity contribution in [3.05, 3.63) is 0 Å². The summed E-state index contributed by atoms with van der Waals surface area (Å²) >= 11 is 0. The lowest BCUT2D eigenvalue weighted by atomic mass is 9.95. The number of rotatable bonds is 8. The van der Waals surface area contributed by atoms with Gasteiger partial charge in [-0.1, -0.05) is 46.5 Å². The molecule has 80 valence electrons. The van der Waals surface area contributed by atoms with E-state index in [1.54, 1.807) is 0 Å². The molecule has 0 bridgehead atoms. The summed E-state index contributed by atoms with van der Waals surface area (Å²) in [5.74, 6) is 1.38. The first-order chi connectivity index (χ1) is 6.20. The van der Waals surface area contributed by atoms with Crippen LogP contribution in [0.2, 0.25) is 0 Å². The zero-order valence-corrected chi connectivity index (χ0v) is 9.55. The molecule has 0 aromatic heterocycles. The van der Waals surface area contributed by atoms with Crippen molar-refractivity contribution in [2.75, 3.05) is 6.61 Å². The van der Waals surface area contributed by atoms with Crippen LogP contribution in [0.25, 0.3) is 0 Å². The third kappa shape index (κ3) is 8.29. The molecular weight excluding hydrogens is 160 g/mol. The molecule has 0 aliphatic rings. The Balaban J connectivity index is 3.36. The molecule has 0 amide bonds. The van der Waals surface area contributed by atoms with E-state index in [4.69, 9.17) is 5.11 Å². The van der Waals surface area contributed by atoms with E-state index in [-0.39, 0.29) is 0 Å². The molecule has 0 rings (SSSR count). The Hall–Kier alpha value is -0.0400. The fourth-order valence-electron chi connectivity index (χ4n) is 1.63. The second kappa shape index (κ2) is 8.55. The van der Waals surface area contributed by atoms with Crippen LogP contribution in [0.3, 0.4) is 0 Å². The fraction of sp³-hybridized carbons (Fsp3) is 1.00. The third-order valence-corrected chi connectivity index (χ3v) is 2.62. The van der Waals surface area contributed by atoms with E-state index in [2.05, 4.69) is 20.8 Å². The Labute approximate surface area is 83.5 Å². The molecule has 0 aliphatic heterocycles. The topological polar surface area (TPSA) is 20.2 Å². The second-order valence-corrected chi connectivity index (χ2v) is 4.52. The first-order valence-corrected chi connectivity index (χ1v) is 5.81. The second-order valence-electron chi connectivity index (χ2n) is 4.52. The molecule has 0 aliphatic carbocycles. The van der Waals surface area contributed by atoms with Crippen LogP contribution in [0, 0.1) is 11.8 Å². The summed E-state index contributed by atoms with van der Waals surface area (Å²) in [7, 11) is 0. The lowest BCUT2D eigenvalue weighted by molar-refractivity contribution is 0.204. The Bertz CT molecular complexity index is 99.3.